The maximum absolute atomic E-state index is 13.7. The number of carbonyl (C=O) groups is 1. The van der Waals surface area contributed by atoms with Crippen LogP contribution in [0.15, 0.2) is 111 Å². The molecule has 0 unspecified atom stereocenters. The van der Waals surface area contributed by atoms with Crippen LogP contribution in [0.3, 0.4) is 0 Å². The van der Waals surface area contributed by atoms with Crippen LogP contribution in [-0.4, -0.2) is 22.6 Å². The minimum Gasteiger partial charge on any atom is -0.490 e. The van der Waals surface area contributed by atoms with Crippen molar-refractivity contribution >= 4 is 44.8 Å². The molecule has 1 heterocycles. The Morgan fingerprint density at radius 2 is 1.54 bits per heavy atom. The Labute approximate surface area is 251 Å². The lowest BCUT2D eigenvalue weighted by Gasteiger charge is -2.16. The molecule has 8 heteroatoms. The average Bonchev–Trinajstić information content (AvgIpc) is 3.28. The summed E-state index contributed by atoms with van der Waals surface area (Å²) >= 11 is 5.01. The number of benzene rings is 4. The smallest absolute Gasteiger partial charge is 0.267 e. The molecule has 0 aliphatic carbocycles. The van der Waals surface area contributed by atoms with E-state index in [1.54, 1.807) is 17.0 Å². The molecule has 0 bridgehead atoms. The van der Waals surface area contributed by atoms with E-state index < -0.39 is 0 Å². The first-order valence-corrected chi connectivity index (χ1v) is 14.8. The van der Waals surface area contributed by atoms with Gasteiger partial charge in [-0.05, 0) is 71.3 Å². The standard InChI is InChI=1S/C33H28BrFN2O3S/c1-2-39-29-17-26(28(34)19-30(29)40-22-25-13-15-27(35)16-14-25)18-31-32(38)37(21-24-11-7-4-8-12-24)33(41-31)36-20-23-9-5-3-6-10-23/h3-19H,2,20-22H2,1H3/b31-18-,36-33?. The lowest BCUT2D eigenvalue weighted by Crippen LogP contribution is -2.28. The SMILES string of the molecule is CCOc1cc(/C=C2\SC(=NCc3ccccc3)N(Cc3ccccc3)C2=O)c(Br)cc1OCc1ccc(F)cc1. The third-order valence-corrected chi connectivity index (χ3v) is 8.00. The number of amides is 1. The number of carbonyl (C=O) groups excluding carboxylic acids is 1. The summed E-state index contributed by atoms with van der Waals surface area (Å²) in [5, 5.41) is 0.661. The second kappa shape index (κ2) is 13.7. The van der Waals surface area contributed by atoms with Crippen molar-refractivity contribution in [1.82, 2.24) is 4.90 Å². The summed E-state index contributed by atoms with van der Waals surface area (Å²) < 4.78 is 25.9. The van der Waals surface area contributed by atoms with Crippen molar-refractivity contribution < 1.29 is 18.7 Å². The minimum atomic E-state index is -0.293. The molecule has 41 heavy (non-hydrogen) atoms. The van der Waals surface area contributed by atoms with Gasteiger partial charge in [0.15, 0.2) is 16.7 Å². The Hall–Kier alpha value is -3.88. The molecule has 4 aromatic carbocycles. The Morgan fingerprint density at radius 1 is 0.878 bits per heavy atom. The van der Waals surface area contributed by atoms with Crippen LogP contribution in [0, 0.1) is 5.82 Å². The van der Waals surface area contributed by atoms with Crippen LogP contribution in [0.2, 0.25) is 0 Å². The van der Waals surface area contributed by atoms with E-state index in [1.165, 1.54) is 23.9 Å². The molecule has 0 saturated carbocycles. The van der Waals surface area contributed by atoms with Crippen molar-refractivity contribution in [2.24, 2.45) is 4.99 Å². The molecule has 1 fully saturated rings. The number of hydrogen-bond donors (Lipinski definition) is 0. The topological polar surface area (TPSA) is 51.1 Å². The molecule has 1 saturated heterocycles. The molecule has 5 nitrogen and oxygen atoms in total. The van der Waals surface area contributed by atoms with Gasteiger partial charge in [-0.1, -0.05) is 88.7 Å². The highest BCUT2D eigenvalue weighted by molar-refractivity contribution is 9.10. The van der Waals surface area contributed by atoms with Gasteiger partial charge in [0.05, 0.1) is 24.6 Å². The van der Waals surface area contributed by atoms with Gasteiger partial charge in [0.1, 0.15) is 12.4 Å². The number of ether oxygens (including phenoxy) is 2. The number of thioether (sulfide) groups is 1. The van der Waals surface area contributed by atoms with Crippen molar-refractivity contribution in [2.75, 3.05) is 6.61 Å². The van der Waals surface area contributed by atoms with Crippen LogP contribution in [-0.2, 0) is 24.5 Å². The predicted octanol–water partition coefficient (Wildman–Crippen LogP) is 8.24. The van der Waals surface area contributed by atoms with Crippen LogP contribution in [0.4, 0.5) is 4.39 Å². The van der Waals surface area contributed by atoms with Gasteiger partial charge in [0, 0.05) is 4.47 Å². The molecule has 0 N–H and O–H groups in total. The molecule has 5 rings (SSSR count). The highest BCUT2D eigenvalue weighted by Crippen LogP contribution is 2.39. The van der Waals surface area contributed by atoms with E-state index in [-0.39, 0.29) is 18.3 Å². The van der Waals surface area contributed by atoms with Gasteiger partial charge >= 0.3 is 0 Å². The van der Waals surface area contributed by atoms with Crippen LogP contribution in [0.5, 0.6) is 11.5 Å². The Bertz CT molecular complexity index is 1560. The maximum Gasteiger partial charge on any atom is 0.267 e. The van der Waals surface area contributed by atoms with Gasteiger partial charge < -0.3 is 9.47 Å². The average molecular weight is 632 g/mol. The molecule has 0 atom stereocenters. The van der Waals surface area contributed by atoms with E-state index in [2.05, 4.69) is 15.9 Å². The van der Waals surface area contributed by atoms with Gasteiger partial charge in [-0.25, -0.2) is 4.39 Å². The summed E-state index contributed by atoms with van der Waals surface area (Å²) in [5.41, 5.74) is 3.72. The normalized spacial score (nSPS) is 15.1. The lowest BCUT2D eigenvalue weighted by atomic mass is 10.1. The van der Waals surface area contributed by atoms with Crippen LogP contribution in [0.1, 0.15) is 29.2 Å². The maximum atomic E-state index is 13.7. The van der Waals surface area contributed by atoms with E-state index in [1.807, 2.05) is 85.8 Å². The summed E-state index contributed by atoms with van der Waals surface area (Å²) in [4.78, 5) is 20.8. The first-order valence-electron chi connectivity index (χ1n) is 13.2. The molecule has 1 aliphatic rings. The highest BCUT2D eigenvalue weighted by Gasteiger charge is 2.33. The molecule has 4 aromatic rings. The van der Waals surface area contributed by atoms with E-state index >= 15 is 0 Å². The summed E-state index contributed by atoms with van der Waals surface area (Å²) in [6.07, 6.45) is 1.85. The molecule has 0 aromatic heterocycles. The Balaban J connectivity index is 1.42. The Morgan fingerprint density at radius 3 is 2.22 bits per heavy atom. The van der Waals surface area contributed by atoms with E-state index in [0.29, 0.717) is 41.3 Å². The zero-order chi connectivity index (χ0) is 28.6. The predicted molar refractivity (Wildman–Crippen MR) is 166 cm³/mol. The fourth-order valence-corrected chi connectivity index (χ4v) is 5.60. The number of aliphatic imine (C=N–C) groups is 1. The quantitative estimate of drug-likeness (QED) is 0.166. The number of hydrogen-bond acceptors (Lipinski definition) is 5. The molecule has 1 amide bonds. The number of amidine groups is 1. The fourth-order valence-electron chi connectivity index (χ4n) is 4.20. The zero-order valence-corrected chi connectivity index (χ0v) is 24.8. The second-order valence-electron chi connectivity index (χ2n) is 9.24. The van der Waals surface area contributed by atoms with Gasteiger partial charge in [-0.15, -0.1) is 0 Å². The van der Waals surface area contributed by atoms with Gasteiger partial charge in [-0.3, -0.25) is 14.7 Å². The van der Waals surface area contributed by atoms with Crippen molar-refractivity contribution in [2.45, 2.75) is 26.6 Å². The van der Waals surface area contributed by atoms with Crippen LogP contribution in [0.25, 0.3) is 6.08 Å². The third kappa shape index (κ3) is 7.45. The van der Waals surface area contributed by atoms with Crippen molar-refractivity contribution in [3.05, 3.63) is 135 Å². The lowest BCUT2D eigenvalue weighted by molar-refractivity contribution is -0.122. The zero-order valence-electron chi connectivity index (χ0n) is 22.4. The number of rotatable bonds is 10. The first kappa shape index (κ1) is 28.6. The van der Waals surface area contributed by atoms with E-state index in [4.69, 9.17) is 14.5 Å². The van der Waals surface area contributed by atoms with Crippen LogP contribution < -0.4 is 9.47 Å². The van der Waals surface area contributed by atoms with Crippen molar-refractivity contribution in [1.29, 1.82) is 0 Å². The molecule has 0 spiro atoms. The van der Waals surface area contributed by atoms with Crippen LogP contribution >= 0.6 is 27.7 Å². The van der Waals surface area contributed by atoms with Crippen molar-refractivity contribution in [3.8, 4) is 11.5 Å². The molecule has 208 valence electrons. The van der Waals surface area contributed by atoms with Gasteiger partial charge in [0.2, 0.25) is 0 Å². The highest BCUT2D eigenvalue weighted by atomic mass is 79.9. The van der Waals surface area contributed by atoms with Gasteiger partial charge in [0.25, 0.3) is 5.91 Å². The summed E-state index contributed by atoms with van der Waals surface area (Å²) in [6, 6.07) is 29.7. The van der Waals surface area contributed by atoms with E-state index in [9.17, 15) is 9.18 Å². The summed E-state index contributed by atoms with van der Waals surface area (Å²) in [6.45, 7) is 3.51. The van der Waals surface area contributed by atoms with E-state index in [0.717, 1.165) is 26.7 Å². The largest absolute Gasteiger partial charge is 0.490 e. The molecular weight excluding hydrogens is 603 g/mol. The molecule has 1 aliphatic heterocycles. The number of nitrogens with zero attached hydrogens (tertiary/aromatic N) is 2. The second-order valence-corrected chi connectivity index (χ2v) is 11.1. The first-order chi connectivity index (χ1) is 20.0. The number of halogens is 2. The fraction of sp³-hybridized carbons (Fsp3) is 0.152. The molecule has 0 radical (unpaired) electrons. The van der Waals surface area contributed by atoms with Gasteiger partial charge in [-0.2, -0.15) is 0 Å². The Kier molecular flexibility index (Phi) is 9.54. The minimum absolute atomic E-state index is 0.104. The summed E-state index contributed by atoms with van der Waals surface area (Å²) in [5.74, 6) is 0.705. The van der Waals surface area contributed by atoms with Crippen molar-refractivity contribution in [3.63, 3.8) is 0 Å². The summed E-state index contributed by atoms with van der Waals surface area (Å²) in [7, 11) is 0. The monoisotopic (exact) mass is 630 g/mol. The third-order valence-electron chi connectivity index (χ3n) is 6.27. The molecular formula is C33H28BrFN2O3S.